The molecule has 0 atom stereocenters. The molecule has 2 aromatic rings. The van der Waals surface area contributed by atoms with Gasteiger partial charge in [0.25, 0.3) is 5.91 Å². The highest BCUT2D eigenvalue weighted by atomic mass is 79.9. The minimum absolute atomic E-state index is 0.0781. The Balaban J connectivity index is 1.77. The number of rotatable bonds is 3. The molecule has 0 radical (unpaired) electrons. The number of nitrogens with zero attached hydrogens (tertiary/aromatic N) is 1. The number of anilines is 2. The van der Waals surface area contributed by atoms with Gasteiger partial charge in [0.2, 0.25) is 10.0 Å². The van der Waals surface area contributed by atoms with Gasteiger partial charge in [-0.2, -0.15) is 0 Å². The lowest BCUT2D eigenvalue weighted by Crippen LogP contribution is -2.25. The average Bonchev–Trinajstić information content (AvgIpc) is 2.89. The van der Waals surface area contributed by atoms with Gasteiger partial charge in [-0.15, -0.1) is 0 Å². The van der Waals surface area contributed by atoms with Crippen molar-refractivity contribution < 1.29 is 17.6 Å². The smallest absolute Gasteiger partial charge is 0.255 e. The van der Waals surface area contributed by atoms with Gasteiger partial charge in [-0.05, 0) is 48.9 Å². The van der Waals surface area contributed by atoms with Gasteiger partial charge in [0.15, 0.2) is 0 Å². The molecule has 24 heavy (non-hydrogen) atoms. The molecular formula is C16H14BrFN2O3S. The van der Waals surface area contributed by atoms with Gasteiger partial charge < -0.3 is 5.32 Å². The molecule has 0 unspecified atom stereocenters. The molecule has 1 fully saturated rings. The van der Waals surface area contributed by atoms with Gasteiger partial charge in [-0.1, -0.05) is 15.9 Å². The van der Waals surface area contributed by atoms with E-state index in [1.807, 2.05) is 0 Å². The number of nitrogens with one attached hydrogen (secondary N) is 1. The quantitative estimate of drug-likeness (QED) is 0.839. The number of carbonyl (C=O) groups excluding carboxylic acids is 1. The third-order valence-corrected chi connectivity index (χ3v) is 6.06. The second kappa shape index (κ2) is 6.52. The first kappa shape index (κ1) is 16.9. The molecule has 0 saturated carbocycles. The topological polar surface area (TPSA) is 66.5 Å². The zero-order valence-electron chi connectivity index (χ0n) is 12.5. The Hall–Kier alpha value is -1.93. The van der Waals surface area contributed by atoms with Gasteiger partial charge >= 0.3 is 0 Å². The molecule has 0 aliphatic carbocycles. The summed E-state index contributed by atoms with van der Waals surface area (Å²) in [4.78, 5) is 12.2. The van der Waals surface area contributed by atoms with Crippen LogP contribution < -0.4 is 9.62 Å². The van der Waals surface area contributed by atoms with Crippen LogP contribution in [-0.4, -0.2) is 26.6 Å². The largest absolute Gasteiger partial charge is 0.319 e. The Labute approximate surface area is 147 Å². The van der Waals surface area contributed by atoms with E-state index in [2.05, 4.69) is 21.2 Å². The first-order valence-electron chi connectivity index (χ1n) is 7.24. The molecule has 0 aromatic heterocycles. The van der Waals surface area contributed by atoms with E-state index in [-0.39, 0.29) is 11.4 Å². The van der Waals surface area contributed by atoms with E-state index in [0.29, 0.717) is 28.7 Å². The minimum atomic E-state index is -3.25. The van der Waals surface area contributed by atoms with Crippen LogP contribution in [0.25, 0.3) is 0 Å². The highest BCUT2D eigenvalue weighted by Crippen LogP contribution is 2.25. The summed E-state index contributed by atoms with van der Waals surface area (Å²) >= 11 is 3.15. The van der Waals surface area contributed by atoms with Gasteiger partial charge in [0.1, 0.15) is 5.82 Å². The summed E-state index contributed by atoms with van der Waals surface area (Å²) in [5.74, 6) is -0.873. The maximum Gasteiger partial charge on any atom is 0.255 e. The van der Waals surface area contributed by atoms with Crippen molar-refractivity contribution in [2.45, 2.75) is 6.42 Å². The van der Waals surface area contributed by atoms with Crippen molar-refractivity contribution in [1.82, 2.24) is 0 Å². The summed E-state index contributed by atoms with van der Waals surface area (Å²) in [6.45, 7) is 0.442. The Morgan fingerprint density at radius 3 is 2.46 bits per heavy atom. The summed E-state index contributed by atoms with van der Waals surface area (Å²) < 4.78 is 39.5. The fourth-order valence-electron chi connectivity index (χ4n) is 2.49. The number of amides is 1. The third-order valence-electron chi connectivity index (χ3n) is 3.70. The second-order valence-electron chi connectivity index (χ2n) is 5.37. The van der Waals surface area contributed by atoms with E-state index >= 15 is 0 Å². The van der Waals surface area contributed by atoms with Crippen LogP contribution in [0.5, 0.6) is 0 Å². The lowest BCUT2D eigenvalue weighted by molar-refractivity contribution is 0.102. The number of hydrogen-bond donors (Lipinski definition) is 1. The van der Waals surface area contributed by atoms with Gasteiger partial charge in [-0.25, -0.2) is 12.8 Å². The molecular weight excluding hydrogens is 399 g/mol. The lowest BCUT2D eigenvalue weighted by Gasteiger charge is -2.17. The number of carbonyl (C=O) groups is 1. The summed E-state index contributed by atoms with van der Waals surface area (Å²) in [6.07, 6.45) is 0.591. The maximum atomic E-state index is 13.8. The number of halogens is 2. The average molecular weight is 413 g/mol. The van der Waals surface area contributed by atoms with Crippen LogP contribution >= 0.6 is 15.9 Å². The maximum absolute atomic E-state index is 13.8. The lowest BCUT2D eigenvalue weighted by atomic mass is 10.2. The zero-order chi connectivity index (χ0) is 17.3. The van der Waals surface area contributed by atoms with Crippen molar-refractivity contribution in [3.05, 3.63) is 58.3 Å². The Morgan fingerprint density at radius 2 is 1.88 bits per heavy atom. The highest BCUT2D eigenvalue weighted by Gasteiger charge is 2.28. The second-order valence-corrected chi connectivity index (χ2v) is 8.30. The SMILES string of the molecule is O=C(Nc1ccc(Br)cc1F)c1ccc(N2CCCS2(=O)=O)cc1. The van der Waals surface area contributed by atoms with Crippen molar-refractivity contribution in [3.63, 3.8) is 0 Å². The minimum Gasteiger partial charge on any atom is -0.319 e. The van der Waals surface area contributed by atoms with Crippen LogP contribution in [0.4, 0.5) is 15.8 Å². The predicted octanol–water partition coefficient (Wildman–Crippen LogP) is 3.38. The number of sulfonamides is 1. The molecule has 0 spiro atoms. The molecule has 2 aromatic carbocycles. The Bertz CT molecular complexity index is 885. The summed E-state index contributed by atoms with van der Waals surface area (Å²) in [6, 6.07) is 10.6. The number of hydrogen-bond acceptors (Lipinski definition) is 3. The van der Waals surface area contributed by atoms with Crippen molar-refractivity contribution in [1.29, 1.82) is 0 Å². The van der Waals surface area contributed by atoms with Crippen LogP contribution in [0.2, 0.25) is 0 Å². The van der Waals surface area contributed by atoms with Crippen LogP contribution in [0.15, 0.2) is 46.9 Å². The van der Waals surface area contributed by atoms with Gasteiger partial charge in [-0.3, -0.25) is 9.10 Å². The molecule has 8 heteroatoms. The zero-order valence-corrected chi connectivity index (χ0v) is 14.9. The summed E-state index contributed by atoms with van der Waals surface area (Å²) in [7, 11) is -3.25. The summed E-state index contributed by atoms with van der Waals surface area (Å²) in [5.41, 5.74) is 0.922. The van der Waals surface area contributed by atoms with E-state index in [4.69, 9.17) is 0 Å². The Kier molecular flexibility index (Phi) is 4.60. The molecule has 1 saturated heterocycles. The monoisotopic (exact) mass is 412 g/mol. The first-order valence-corrected chi connectivity index (χ1v) is 9.64. The van der Waals surface area contributed by atoms with Gasteiger partial charge in [0.05, 0.1) is 17.1 Å². The van der Waals surface area contributed by atoms with E-state index < -0.39 is 21.7 Å². The van der Waals surface area contributed by atoms with E-state index in [1.165, 1.54) is 28.6 Å². The molecule has 0 bridgehead atoms. The predicted molar refractivity (Wildman–Crippen MR) is 94.2 cm³/mol. The standard InChI is InChI=1S/C16H14BrFN2O3S/c17-12-4-7-15(14(18)10-12)19-16(21)11-2-5-13(6-3-11)20-8-1-9-24(20,22)23/h2-7,10H,1,8-9H2,(H,19,21). The molecule has 5 nitrogen and oxygen atoms in total. The van der Waals surface area contributed by atoms with Crippen LogP contribution in [0.3, 0.4) is 0 Å². The fourth-order valence-corrected chi connectivity index (χ4v) is 4.39. The molecule has 1 heterocycles. The third kappa shape index (κ3) is 3.44. The normalized spacial score (nSPS) is 16.2. The molecule has 1 aliphatic heterocycles. The van der Waals surface area contributed by atoms with E-state index in [0.717, 1.165) is 0 Å². The van der Waals surface area contributed by atoms with E-state index in [1.54, 1.807) is 18.2 Å². The molecule has 126 valence electrons. The number of benzene rings is 2. The molecule has 1 amide bonds. The molecule has 1 N–H and O–H groups in total. The van der Waals surface area contributed by atoms with Crippen molar-refractivity contribution in [2.75, 3.05) is 21.9 Å². The van der Waals surface area contributed by atoms with Gasteiger partial charge in [0, 0.05) is 16.6 Å². The molecule has 3 rings (SSSR count). The highest BCUT2D eigenvalue weighted by molar-refractivity contribution is 9.10. The Morgan fingerprint density at radius 1 is 1.17 bits per heavy atom. The fraction of sp³-hybridized carbons (Fsp3) is 0.188. The van der Waals surface area contributed by atoms with Crippen LogP contribution in [0, 0.1) is 5.82 Å². The van der Waals surface area contributed by atoms with Crippen molar-refractivity contribution in [3.8, 4) is 0 Å². The van der Waals surface area contributed by atoms with Crippen LogP contribution in [0.1, 0.15) is 16.8 Å². The van der Waals surface area contributed by atoms with Crippen molar-refractivity contribution in [2.24, 2.45) is 0 Å². The van der Waals surface area contributed by atoms with E-state index in [9.17, 15) is 17.6 Å². The first-order chi connectivity index (χ1) is 11.4. The molecule has 1 aliphatic rings. The summed E-state index contributed by atoms with van der Waals surface area (Å²) in [5, 5.41) is 2.49. The van der Waals surface area contributed by atoms with Crippen LogP contribution in [-0.2, 0) is 10.0 Å². The van der Waals surface area contributed by atoms with Crippen molar-refractivity contribution >= 4 is 43.2 Å².